The Morgan fingerprint density at radius 1 is 1.39 bits per heavy atom. The number of imidazole rings is 1. The molecule has 1 amide bonds. The number of rotatable bonds is 9. The highest BCUT2D eigenvalue weighted by Crippen LogP contribution is 2.36. The maximum Gasteiger partial charge on any atom is 0.406 e. The van der Waals surface area contributed by atoms with Crippen molar-refractivity contribution in [1.29, 1.82) is 0 Å². The summed E-state index contributed by atoms with van der Waals surface area (Å²) in [7, 11) is -3.90. The second-order valence-corrected chi connectivity index (χ2v) is 10.2. The Morgan fingerprint density at radius 2 is 2.06 bits per heavy atom. The fourth-order valence-electron chi connectivity index (χ4n) is 3.51. The predicted octanol–water partition coefficient (Wildman–Crippen LogP) is 3.38. The van der Waals surface area contributed by atoms with Gasteiger partial charge in [0.1, 0.15) is 6.54 Å². The van der Waals surface area contributed by atoms with E-state index in [1.165, 1.54) is 12.1 Å². The molecule has 1 aromatic heterocycles. The van der Waals surface area contributed by atoms with Gasteiger partial charge in [-0.2, -0.15) is 13.2 Å². The number of nitrogens with zero attached hydrogens (tertiary/aromatic N) is 3. The molecule has 2 N–H and O–H groups in total. The Labute approximate surface area is 183 Å². The van der Waals surface area contributed by atoms with Gasteiger partial charge in [0.15, 0.2) is 5.16 Å². The van der Waals surface area contributed by atoms with Crippen LogP contribution in [-0.4, -0.2) is 53.3 Å². The zero-order valence-electron chi connectivity index (χ0n) is 17.2. The van der Waals surface area contributed by atoms with Crippen LogP contribution in [0.15, 0.2) is 28.3 Å². The quantitative estimate of drug-likeness (QED) is 0.557. The van der Waals surface area contributed by atoms with Crippen molar-refractivity contribution in [2.75, 3.05) is 12.3 Å². The van der Waals surface area contributed by atoms with E-state index < -0.39 is 34.7 Å². The highest BCUT2D eigenvalue weighted by Gasteiger charge is 2.40. The molecule has 0 spiro atoms. The molecule has 31 heavy (non-hydrogen) atoms. The zero-order chi connectivity index (χ0) is 23.0. The van der Waals surface area contributed by atoms with Gasteiger partial charge in [0.2, 0.25) is 15.9 Å². The van der Waals surface area contributed by atoms with E-state index in [-0.39, 0.29) is 16.6 Å². The van der Waals surface area contributed by atoms with Crippen molar-refractivity contribution in [2.45, 2.75) is 61.9 Å². The third-order valence-corrected chi connectivity index (χ3v) is 7.12. The first kappa shape index (κ1) is 23.9. The molecule has 1 aliphatic rings. The number of benzene rings is 1. The van der Waals surface area contributed by atoms with E-state index in [0.29, 0.717) is 22.7 Å². The summed E-state index contributed by atoms with van der Waals surface area (Å²) < 4.78 is 64.2. The highest BCUT2D eigenvalue weighted by atomic mass is 32.2. The van der Waals surface area contributed by atoms with Crippen LogP contribution in [0.25, 0.3) is 11.0 Å². The van der Waals surface area contributed by atoms with Crippen molar-refractivity contribution in [3.63, 3.8) is 0 Å². The molecule has 0 radical (unpaired) electrons. The van der Waals surface area contributed by atoms with E-state index in [0.717, 1.165) is 35.9 Å². The Morgan fingerprint density at radius 3 is 2.61 bits per heavy atom. The van der Waals surface area contributed by atoms with E-state index >= 15 is 0 Å². The largest absolute Gasteiger partial charge is 0.406 e. The molecule has 7 nitrogen and oxygen atoms in total. The van der Waals surface area contributed by atoms with Gasteiger partial charge in [-0.1, -0.05) is 18.7 Å². The number of carbonyl (C=O) groups excluding carboxylic acids is 1. The molecule has 1 atom stereocenters. The number of carbonyl (C=O) groups is 1. The summed E-state index contributed by atoms with van der Waals surface area (Å²) in [6.45, 7) is 2.90. The third kappa shape index (κ3) is 5.92. The number of aromatic nitrogens is 2. The standard InChI is InChI=1S/C19H25F3N4O3S2/c1-3-8-25-16-7-6-14(31(23,28)29)9-15(16)24-18(25)30-10-17(27)26(11-19(20,21)22)12(2)13-4-5-13/h6-7,9,12-13H,3-5,8,10-11H2,1-2H3,(H2,23,28,29). The molecule has 1 fully saturated rings. The summed E-state index contributed by atoms with van der Waals surface area (Å²) >= 11 is 1.05. The molecule has 1 unspecified atom stereocenters. The normalized spacial score (nSPS) is 15.9. The van der Waals surface area contributed by atoms with E-state index in [9.17, 15) is 26.4 Å². The van der Waals surface area contributed by atoms with Crippen LogP contribution in [0.5, 0.6) is 0 Å². The summed E-state index contributed by atoms with van der Waals surface area (Å²) in [6, 6.07) is 3.86. The summed E-state index contributed by atoms with van der Waals surface area (Å²) in [5.41, 5.74) is 1.07. The maximum atomic E-state index is 13.0. The van der Waals surface area contributed by atoms with E-state index in [1.54, 1.807) is 13.0 Å². The van der Waals surface area contributed by atoms with Crippen molar-refractivity contribution in [3.8, 4) is 0 Å². The molecular formula is C19H25F3N4O3S2. The average molecular weight is 479 g/mol. The van der Waals surface area contributed by atoms with Gasteiger partial charge in [-0.05, 0) is 50.3 Å². The minimum Gasteiger partial charge on any atom is -0.330 e. The number of aryl methyl sites for hydroxylation is 1. The van der Waals surface area contributed by atoms with Crippen LogP contribution >= 0.6 is 11.8 Å². The molecule has 1 aliphatic carbocycles. The minimum absolute atomic E-state index is 0.0802. The van der Waals surface area contributed by atoms with Crippen LogP contribution in [0.3, 0.4) is 0 Å². The van der Waals surface area contributed by atoms with Crippen LogP contribution in [0.1, 0.15) is 33.1 Å². The molecule has 2 aromatic rings. The maximum absolute atomic E-state index is 13.0. The van der Waals surface area contributed by atoms with Crippen LogP contribution < -0.4 is 5.14 Å². The lowest BCUT2D eigenvalue weighted by atomic mass is 10.2. The van der Waals surface area contributed by atoms with E-state index in [4.69, 9.17) is 5.14 Å². The molecule has 3 rings (SSSR count). The molecule has 1 heterocycles. The van der Waals surface area contributed by atoms with Crippen LogP contribution in [0.4, 0.5) is 13.2 Å². The Balaban J connectivity index is 1.83. The van der Waals surface area contributed by atoms with Gasteiger partial charge in [-0.3, -0.25) is 4.79 Å². The number of hydrogen-bond acceptors (Lipinski definition) is 5. The number of hydrogen-bond donors (Lipinski definition) is 1. The van der Waals surface area contributed by atoms with Crippen molar-refractivity contribution in [1.82, 2.24) is 14.5 Å². The second kappa shape index (κ2) is 8.99. The summed E-state index contributed by atoms with van der Waals surface area (Å²) in [5, 5.41) is 5.63. The number of fused-ring (bicyclic) bond motifs is 1. The fourth-order valence-corrected chi connectivity index (χ4v) is 4.97. The smallest absolute Gasteiger partial charge is 0.330 e. The number of thioether (sulfide) groups is 1. The van der Waals surface area contributed by atoms with Gasteiger partial charge < -0.3 is 9.47 Å². The summed E-state index contributed by atoms with van der Waals surface area (Å²) in [5.74, 6) is -0.679. The van der Waals surface area contributed by atoms with E-state index in [1.807, 2.05) is 11.5 Å². The predicted molar refractivity (Wildman–Crippen MR) is 112 cm³/mol. The van der Waals surface area contributed by atoms with Crippen molar-refractivity contribution in [3.05, 3.63) is 18.2 Å². The first-order chi connectivity index (χ1) is 14.4. The number of halogens is 3. The first-order valence-corrected chi connectivity index (χ1v) is 12.5. The topological polar surface area (TPSA) is 98.3 Å². The van der Waals surface area contributed by atoms with Gasteiger partial charge in [0.25, 0.3) is 0 Å². The van der Waals surface area contributed by atoms with E-state index in [2.05, 4.69) is 4.98 Å². The Hall–Kier alpha value is -1.79. The van der Waals surface area contributed by atoms with Crippen LogP contribution in [-0.2, 0) is 21.4 Å². The summed E-state index contributed by atoms with van der Waals surface area (Å²) in [6.07, 6.45) is -2.06. The average Bonchev–Trinajstić information content (AvgIpc) is 3.46. The molecule has 0 bridgehead atoms. The van der Waals surface area contributed by atoms with Crippen molar-refractivity contribution in [2.24, 2.45) is 11.1 Å². The van der Waals surface area contributed by atoms with Gasteiger partial charge in [0.05, 0.1) is 21.7 Å². The lowest BCUT2D eigenvalue weighted by molar-refractivity contribution is -0.164. The van der Waals surface area contributed by atoms with Crippen molar-refractivity contribution >= 4 is 38.7 Å². The molecule has 12 heteroatoms. The third-order valence-electron chi connectivity index (χ3n) is 5.25. The number of nitrogens with two attached hydrogens (primary N) is 1. The molecule has 172 valence electrons. The lowest BCUT2D eigenvalue weighted by Gasteiger charge is -2.30. The minimum atomic E-state index is -4.47. The van der Waals surface area contributed by atoms with Gasteiger partial charge in [-0.15, -0.1) is 0 Å². The Bertz CT molecular complexity index is 1070. The number of alkyl halides is 3. The SMILES string of the molecule is CCCn1c(SCC(=O)N(CC(F)(F)F)C(C)C2CC2)nc2cc(S(N)(=O)=O)ccc21. The molecular weight excluding hydrogens is 453 g/mol. The molecule has 1 aromatic carbocycles. The highest BCUT2D eigenvalue weighted by molar-refractivity contribution is 7.99. The molecule has 0 saturated heterocycles. The fraction of sp³-hybridized carbons (Fsp3) is 0.579. The molecule has 0 aliphatic heterocycles. The first-order valence-electron chi connectivity index (χ1n) is 9.93. The Kier molecular flexibility index (Phi) is 6.92. The van der Waals surface area contributed by atoms with Crippen LogP contribution in [0, 0.1) is 5.92 Å². The van der Waals surface area contributed by atoms with Gasteiger partial charge in [-0.25, -0.2) is 18.5 Å². The molecule has 1 saturated carbocycles. The van der Waals surface area contributed by atoms with Crippen LogP contribution in [0.2, 0.25) is 0 Å². The lowest BCUT2D eigenvalue weighted by Crippen LogP contribution is -2.46. The number of primary sulfonamides is 1. The van der Waals surface area contributed by atoms with Gasteiger partial charge >= 0.3 is 6.18 Å². The zero-order valence-corrected chi connectivity index (χ0v) is 18.9. The number of amides is 1. The van der Waals surface area contributed by atoms with Gasteiger partial charge in [0, 0.05) is 12.6 Å². The monoisotopic (exact) mass is 478 g/mol. The number of sulfonamides is 1. The summed E-state index contributed by atoms with van der Waals surface area (Å²) in [4.78, 5) is 18.0. The second-order valence-electron chi connectivity index (χ2n) is 7.75. The van der Waals surface area contributed by atoms with Crippen molar-refractivity contribution < 1.29 is 26.4 Å².